The monoisotopic (exact) mass is 758 g/mol. The van der Waals surface area contributed by atoms with E-state index in [1.807, 2.05) is 52.2 Å². The normalized spacial score (nSPS) is 17.8. The fourth-order valence-electron chi connectivity index (χ4n) is 7.71. The van der Waals surface area contributed by atoms with Gasteiger partial charge < -0.3 is 18.9 Å². The Kier molecular flexibility index (Phi) is 10.1. The number of fused-ring (bicyclic) bond motifs is 8. The van der Waals surface area contributed by atoms with Crippen LogP contribution in [0.1, 0.15) is 71.9 Å². The van der Waals surface area contributed by atoms with Crippen LogP contribution in [0.2, 0.25) is 0 Å². The predicted molar refractivity (Wildman–Crippen MR) is 219 cm³/mol. The van der Waals surface area contributed by atoms with E-state index in [1.54, 1.807) is 38.5 Å². The molecular weight excluding hydrogens is 713 g/mol. The molecule has 0 saturated carbocycles. The molecule has 0 unspecified atom stereocenters. The SMILES string of the molecule is COc1cc2c(cc1OCCCOc1cc3c(cc1OC)C(=O)N1c4cc(SCCCC(C)(C)C)ccc4C[C@H]1C=N3)N=C[C@@H]1Cc3ccccc3N1C2=O. The van der Waals surface area contributed by atoms with Gasteiger partial charge in [0.25, 0.3) is 11.8 Å². The Morgan fingerprint density at radius 1 is 0.691 bits per heavy atom. The molecule has 11 heteroatoms. The van der Waals surface area contributed by atoms with Gasteiger partial charge in [-0.2, -0.15) is 0 Å². The smallest absolute Gasteiger partial charge is 0.261 e. The van der Waals surface area contributed by atoms with E-state index in [-0.39, 0.29) is 23.9 Å². The molecule has 4 aliphatic rings. The minimum absolute atomic E-state index is 0.102. The maximum absolute atomic E-state index is 14.1. The molecule has 4 aromatic rings. The van der Waals surface area contributed by atoms with E-state index < -0.39 is 0 Å². The first-order valence-corrected chi connectivity index (χ1v) is 19.9. The summed E-state index contributed by atoms with van der Waals surface area (Å²) in [6.45, 7) is 7.47. The number of hydrogen-bond acceptors (Lipinski definition) is 9. The van der Waals surface area contributed by atoms with Crippen molar-refractivity contribution < 1.29 is 28.5 Å². The van der Waals surface area contributed by atoms with E-state index in [9.17, 15) is 9.59 Å². The van der Waals surface area contributed by atoms with Gasteiger partial charge >= 0.3 is 0 Å². The summed E-state index contributed by atoms with van der Waals surface area (Å²) in [6.07, 6.45) is 8.02. The molecule has 55 heavy (non-hydrogen) atoms. The van der Waals surface area contributed by atoms with Crippen LogP contribution in [0.25, 0.3) is 0 Å². The van der Waals surface area contributed by atoms with Crippen molar-refractivity contribution in [3.05, 3.63) is 89.0 Å². The topological polar surface area (TPSA) is 102 Å². The maximum Gasteiger partial charge on any atom is 0.261 e. The van der Waals surface area contributed by atoms with Crippen LogP contribution in [-0.4, -0.2) is 69.5 Å². The maximum atomic E-state index is 14.1. The van der Waals surface area contributed by atoms with Crippen molar-refractivity contribution in [2.75, 3.05) is 43.0 Å². The molecule has 4 aromatic carbocycles. The number of rotatable bonds is 12. The van der Waals surface area contributed by atoms with Crippen molar-refractivity contribution in [3.8, 4) is 23.0 Å². The molecular formula is C44H46N4O6S. The highest BCUT2D eigenvalue weighted by Crippen LogP contribution is 2.43. The first-order chi connectivity index (χ1) is 26.6. The summed E-state index contributed by atoms with van der Waals surface area (Å²) < 4.78 is 23.7. The number of hydrogen-bond donors (Lipinski definition) is 0. The molecule has 2 amide bonds. The minimum Gasteiger partial charge on any atom is -0.493 e. The van der Waals surface area contributed by atoms with Gasteiger partial charge in [-0.15, -0.1) is 11.8 Å². The lowest BCUT2D eigenvalue weighted by atomic mass is 9.91. The quantitative estimate of drug-likeness (QED) is 0.105. The van der Waals surface area contributed by atoms with Gasteiger partial charge in [0.15, 0.2) is 23.0 Å². The van der Waals surface area contributed by atoms with Crippen molar-refractivity contribution in [2.24, 2.45) is 15.4 Å². The van der Waals surface area contributed by atoms with Gasteiger partial charge in [-0.05, 0) is 65.5 Å². The van der Waals surface area contributed by atoms with Gasteiger partial charge in [0.05, 0.1) is 62.0 Å². The number of anilines is 2. The van der Waals surface area contributed by atoms with Crippen LogP contribution in [0.15, 0.2) is 81.6 Å². The zero-order chi connectivity index (χ0) is 38.3. The van der Waals surface area contributed by atoms with Gasteiger partial charge in [-0.3, -0.25) is 29.4 Å². The van der Waals surface area contributed by atoms with Crippen molar-refractivity contribution in [2.45, 2.75) is 69.9 Å². The largest absolute Gasteiger partial charge is 0.493 e. The predicted octanol–water partition coefficient (Wildman–Crippen LogP) is 9.04. The average molecular weight is 759 g/mol. The number of amides is 2. The van der Waals surface area contributed by atoms with E-state index >= 15 is 0 Å². The molecule has 0 bridgehead atoms. The summed E-state index contributed by atoms with van der Waals surface area (Å²) in [5, 5.41) is 0. The highest BCUT2D eigenvalue weighted by molar-refractivity contribution is 7.99. The Labute approximate surface area is 326 Å². The van der Waals surface area contributed by atoms with E-state index in [0.717, 1.165) is 47.5 Å². The number of nitrogens with zero attached hydrogens (tertiary/aromatic N) is 4. The number of ether oxygens (including phenoxy) is 4. The second kappa shape index (κ2) is 15.1. The van der Waals surface area contributed by atoms with E-state index in [4.69, 9.17) is 28.9 Å². The Hall–Kier alpha value is -5.29. The Morgan fingerprint density at radius 2 is 1.25 bits per heavy atom. The fourth-order valence-corrected chi connectivity index (χ4v) is 8.59. The number of thioether (sulfide) groups is 1. The Morgan fingerprint density at radius 3 is 1.84 bits per heavy atom. The highest BCUT2D eigenvalue weighted by Gasteiger charge is 2.38. The summed E-state index contributed by atoms with van der Waals surface area (Å²) in [5.41, 5.74) is 6.50. The van der Waals surface area contributed by atoms with Crippen LogP contribution in [0.3, 0.4) is 0 Å². The second-order valence-corrected chi connectivity index (χ2v) is 16.6. The van der Waals surface area contributed by atoms with Gasteiger partial charge in [0, 0.05) is 60.1 Å². The minimum atomic E-state index is -0.161. The van der Waals surface area contributed by atoms with E-state index in [2.05, 4.69) is 45.0 Å². The number of aliphatic imine (C=N–C) groups is 2. The molecule has 0 aromatic heterocycles. The Balaban J connectivity index is 0.913. The van der Waals surface area contributed by atoms with Gasteiger partial charge in [0.2, 0.25) is 0 Å². The molecule has 0 N–H and O–H groups in total. The lowest BCUT2D eigenvalue weighted by Gasteiger charge is -2.22. The molecule has 284 valence electrons. The molecule has 10 nitrogen and oxygen atoms in total. The highest BCUT2D eigenvalue weighted by atomic mass is 32.2. The van der Waals surface area contributed by atoms with Crippen LogP contribution in [0, 0.1) is 5.41 Å². The molecule has 0 aliphatic carbocycles. The zero-order valence-corrected chi connectivity index (χ0v) is 32.8. The molecule has 4 heterocycles. The first kappa shape index (κ1) is 36.7. The van der Waals surface area contributed by atoms with Crippen LogP contribution in [0.4, 0.5) is 22.7 Å². The molecule has 0 radical (unpaired) electrons. The third-order valence-electron chi connectivity index (χ3n) is 10.5. The van der Waals surface area contributed by atoms with Crippen LogP contribution in [0.5, 0.6) is 23.0 Å². The summed E-state index contributed by atoms with van der Waals surface area (Å²) in [7, 11) is 3.13. The number of benzene rings is 4. The number of para-hydroxylation sites is 1. The van der Waals surface area contributed by atoms with Gasteiger partial charge in [-0.25, -0.2) is 0 Å². The van der Waals surface area contributed by atoms with Crippen molar-refractivity contribution >= 4 is 58.8 Å². The lowest BCUT2D eigenvalue weighted by Crippen LogP contribution is -2.37. The third-order valence-corrected chi connectivity index (χ3v) is 11.5. The van der Waals surface area contributed by atoms with Crippen molar-refractivity contribution in [1.82, 2.24) is 0 Å². The number of carbonyl (C=O) groups excluding carboxylic acids is 2. The molecule has 0 saturated heterocycles. The number of methoxy groups -OCH3 is 2. The number of carbonyl (C=O) groups is 2. The average Bonchev–Trinajstić information content (AvgIpc) is 3.66. The fraction of sp³-hybridized carbons (Fsp3) is 0.364. The molecule has 0 spiro atoms. The van der Waals surface area contributed by atoms with E-state index in [1.165, 1.54) is 11.3 Å². The first-order valence-electron chi connectivity index (χ1n) is 18.9. The summed E-state index contributed by atoms with van der Waals surface area (Å²) >= 11 is 1.84. The molecule has 4 aliphatic heterocycles. The van der Waals surface area contributed by atoms with Crippen molar-refractivity contribution in [3.63, 3.8) is 0 Å². The van der Waals surface area contributed by atoms with Crippen molar-refractivity contribution in [1.29, 1.82) is 0 Å². The standard InChI is InChI=1S/C44H46N4O6S/c1-44(2,3)14-8-17-55-31-13-12-28-19-30-26-46-35-24-41(39(52-5)22-33(35)43(50)48(30)37(28)20-31)54-16-9-15-53-40-23-34-32(21-38(40)51-4)42(49)47-29(25-45-34)18-27-10-6-7-11-36(27)47/h6-7,10-13,20-26,29-30H,8-9,14-19H2,1-5H3/t29-,30-/m0/s1. The van der Waals surface area contributed by atoms with Crippen LogP contribution in [-0.2, 0) is 12.8 Å². The van der Waals surface area contributed by atoms with Gasteiger partial charge in [-0.1, -0.05) is 45.0 Å². The molecule has 8 rings (SSSR count). The van der Waals surface area contributed by atoms with Crippen LogP contribution >= 0.6 is 11.8 Å². The van der Waals surface area contributed by atoms with Crippen LogP contribution < -0.4 is 28.7 Å². The summed E-state index contributed by atoms with van der Waals surface area (Å²) in [6, 6.07) is 21.1. The second-order valence-electron chi connectivity index (χ2n) is 15.5. The van der Waals surface area contributed by atoms with E-state index in [0.29, 0.717) is 70.5 Å². The molecule has 0 fully saturated rings. The lowest BCUT2D eigenvalue weighted by molar-refractivity contribution is 0.0978. The molecule has 2 atom stereocenters. The summed E-state index contributed by atoms with van der Waals surface area (Å²) in [4.78, 5) is 42.2. The third kappa shape index (κ3) is 7.29. The summed E-state index contributed by atoms with van der Waals surface area (Å²) in [5.74, 6) is 2.74. The van der Waals surface area contributed by atoms with Gasteiger partial charge in [0.1, 0.15) is 0 Å². The Bertz CT molecular complexity index is 2210. The zero-order valence-electron chi connectivity index (χ0n) is 32.0.